The summed E-state index contributed by atoms with van der Waals surface area (Å²) in [7, 11) is 0. The van der Waals surface area contributed by atoms with Crippen molar-refractivity contribution >= 4 is 18.3 Å². The van der Waals surface area contributed by atoms with Gasteiger partial charge >= 0.3 is 0 Å². The standard InChI is InChI=1S/C17H26N2O3.ClH/c1-13(2)7-9-21-15-6-4-3-5-14(15)11-19-17(20)16-12-18-8-10-22-16;/h3-6,13,16,18H,7-12H2,1-2H3,(H,19,20);1H. The number of carbonyl (C=O) groups is 1. The van der Waals surface area contributed by atoms with Gasteiger partial charge in [0.2, 0.25) is 0 Å². The van der Waals surface area contributed by atoms with E-state index in [0.29, 0.717) is 32.2 Å². The van der Waals surface area contributed by atoms with Gasteiger partial charge < -0.3 is 20.1 Å². The van der Waals surface area contributed by atoms with Crippen molar-refractivity contribution in [1.82, 2.24) is 10.6 Å². The molecule has 1 atom stereocenters. The van der Waals surface area contributed by atoms with E-state index < -0.39 is 6.10 Å². The zero-order valence-electron chi connectivity index (χ0n) is 13.8. The lowest BCUT2D eigenvalue weighted by Gasteiger charge is -2.23. The van der Waals surface area contributed by atoms with E-state index in [4.69, 9.17) is 9.47 Å². The number of para-hydroxylation sites is 1. The van der Waals surface area contributed by atoms with Crippen LogP contribution in [0.25, 0.3) is 0 Å². The van der Waals surface area contributed by atoms with E-state index in [9.17, 15) is 4.79 Å². The Balaban J connectivity index is 0.00000264. The van der Waals surface area contributed by atoms with Crippen LogP contribution in [0.5, 0.6) is 5.75 Å². The fourth-order valence-corrected chi connectivity index (χ4v) is 2.23. The van der Waals surface area contributed by atoms with Crippen LogP contribution in [0, 0.1) is 5.92 Å². The number of hydrogen-bond acceptors (Lipinski definition) is 4. The fraction of sp³-hybridized carbons (Fsp3) is 0.588. The van der Waals surface area contributed by atoms with Crippen LogP contribution in [0.1, 0.15) is 25.8 Å². The third-order valence-electron chi connectivity index (χ3n) is 3.60. The third kappa shape index (κ3) is 6.77. The van der Waals surface area contributed by atoms with Crippen LogP contribution in [0.3, 0.4) is 0 Å². The van der Waals surface area contributed by atoms with Gasteiger partial charge in [-0.15, -0.1) is 12.4 Å². The first-order valence-electron chi connectivity index (χ1n) is 7.97. The maximum absolute atomic E-state index is 12.1. The number of morpholine rings is 1. The Morgan fingerprint density at radius 2 is 2.22 bits per heavy atom. The van der Waals surface area contributed by atoms with Crippen molar-refractivity contribution in [3.63, 3.8) is 0 Å². The summed E-state index contributed by atoms with van der Waals surface area (Å²) in [5, 5.41) is 6.08. The Morgan fingerprint density at radius 3 is 2.91 bits per heavy atom. The molecule has 1 aliphatic heterocycles. The molecule has 0 spiro atoms. The quantitative estimate of drug-likeness (QED) is 0.797. The van der Waals surface area contributed by atoms with Gasteiger partial charge in [-0.1, -0.05) is 32.0 Å². The van der Waals surface area contributed by atoms with Crippen molar-refractivity contribution in [3.05, 3.63) is 29.8 Å². The number of rotatable bonds is 7. The Hall–Kier alpha value is -1.30. The van der Waals surface area contributed by atoms with Crippen LogP contribution in [-0.4, -0.2) is 38.3 Å². The maximum atomic E-state index is 12.1. The molecule has 0 radical (unpaired) electrons. The summed E-state index contributed by atoms with van der Waals surface area (Å²) in [5.74, 6) is 1.37. The van der Waals surface area contributed by atoms with Gasteiger partial charge in [-0.2, -0.15) is 0 Å². The molecule has 1 aromatic carbocycles. The van der Waals surface area contributed by atoms with Crippen LogP contribution in [0.4, 0.5) is 0 Å². The normalized spacial score (nSPS) is 17.4. The van der Waals surface area contributed by atoms with Gasteiger partial charge in [0.1, 0.15) is 11.9 Å². The summed E-state index contributed by atoms with van der Waals surface area (Å²) in [6.45, 7) is 7.44. The number of carbonyl (C=O) groups excluding carboxylic acids is 1. The minimum absolute atomic E-state index is 0. The largest absolute Gasteiger partial charge is 0.493 e. The number of benzene rings is 1. The first-order valence-corrected chi connectivity index (χ1v) is 7.97. The van der Waals surface area contributed by atoms with Gasteiger partial charge in [0.15, 0.2) is 0 Å². The van der Waals surface area contributed by atoms with Crippen molar-refractivity contribution in [1.29, 1.82) is 0 Å². The summed E-state index contributed by atoms with van der Waals surface area (Å²) >= 11 is 0. The average molecular weight is 343 g/mol. The van der Waals surface area contributed by atoms with Crippen LogP contribution in [-0.2, 0) is 16.1 Å². The predicted molar refractivity (Wildman–Crippen MR) is 93.1 cm³/mol. The van der Waals surface area contributed by atoms with Gasteiger partial charge in [-0.3, -0.25) is 4.79 Å². The SMILES string of the molecule is CC(C)CCOc1ccccc1CNC(=O)C1CNCCO1.Cl. The molecule has 1 saturated heterocycles. The van der Waals surface area contributed by atoms with Crippen molar-refractivity contribution in [3.8, 4) is 5.75 Å². The Morgan fingerprint density at radius 1 is 1.43 bits per heavy atom. The molecule has 2 rings (SSSR count). The number of halogens is 1. The topological polar surface area (TPSA) is 59.6 Å². The number of hydrogen-bond donors (Lipinski definition) is 2. The van der Waals surface area contributed by atoms with Crippen molar-refractivity contribution in [2.75, 3.05) is 26.3 Å². The predicted octanol–water partition coefficient (Wildman–Crippen LogP) is 2.14. The second-order valence-electron chi connectivity index (χ2n) is 5.92. The van der Waals surface area contributed by atoms with Crippen LogP contribution in [0.15, 0.2) is 24.3 Å². The molecule has 0 bridgehead atoms. The molecule has 1 aliphatic rings. The Labute approximate surface area is 144 Å². The second-order valence-corrected chi connectivity index (χ2v) is 5.92. The molecule has 0 aromatic heterocycles. The lowest BCUT2D eigenvalue weighted by Crippen LogP contribution is -2.47. The summed E-state index contributed by atoms with van der Waals surface area (Å²) in [5.41, 5.74) is 0.989. The summed E-state index contributed by atoms with van der Waals surface area (Å²) < 4.78 is 11.3. The first-order chi connectivity index (χ1) is 10.7. The highest BCUT2D eigenvalue weighted by molar-refractivity contribution is 5.85. The van der Waals surface area contributed by atoms with E-state index >= 15 is 0 Å². The number of nitrogens with one attached hydrogen (secondary N) is 2. The van der Waals surface area contributed by atoms with E-state index in [2.05, 4.69) is 24.5 Å². The molecule has 130 valence electrons. The molecule has 2 N–H and O–H groups in total. The summed E-state index contributed by atoms with van der Waals surface area (Å²) in [6.07, 6.45) is 0.616. The highest BCUT2D eigenvalue weighted by Crippen LogP contribution is 2.18. The zero-order chi connectivity index (χ0) is 15.8. The van der Waals surface area contributed by atoms with Gasteiger partial charge in [0.05, 0.1) is 13.2 Å². The molecular weight excluding hydrogens is 316 g/mol. The van der Waals surface area contributed by atoms with Gasteiger partial charge in [0, 0.05) is 25.2 Å². The van der Waals surface area contributed by atoms with Crippen molar-refractivity contribution in [2.45, 2.75) is 32.9 Å². The van der Waals surface area contributed by atoms with E-state index in [-0.39, 0.29) is 18.3 Å². The molecule has 6 heteroatoms. The summed E-state index contributed by atoms with van der Waals surface area (Å²) in [4.78, 5) is 12.1. The number of amides is 1. The van der Waals surface area contributed by atoms with Crippen LogP contribution >= 0.6 is 12.4 Å². The Kier molecular flexibility index (Phi) is 8.99. The average Bonchev–Trinajstić information content (AvgIpc) is 2.54. The molecule has 0 saturated carbocycles. The van der Waals surface area contributed by atoms with E-state index in [0.717, 1.165) is 24.3 Å². The van der Waals surface area contributed by atoms with Crippen LogP contribution < -0.4 is 15.4 Å². The van der Waals surface area contributed by atoms with Gasteiger partial charge in [-0.25, -0.2) is 0 Å². The van der Waals surface area contributed by atoms with Gasteiger partial charge in [-0.05, 0) is 18.4 Å². The monoisotopic (exact) mass is 342 g/mol. The van der Waals surface area contributed by atoms with E-state index in [1.165, 1.54) is 0 Å². The molecular formula is C17H27ClN2O3. The second kappa shape index (κ2) is 10.5. The van der Waals surface area contributed by atoms with E-state index in [1.807, 2.05) is 24.3 Å². The minimum Gasteiger partial charge on any atom is -0.493 e. The molecule has 0 aliphatic carbocycles. The molecule has 1 amide bonds. The molecule has 5 nitrogen and oxygen atoms in total. The van der Waals surface area contributed by atoms with Crippen molar-refractivity contribution < 1.29 is 14.3 Å². The highest BCUT2D eigenvalue weighted by atomic mass is 35.5. The molecule has 1 aromatic rings. The maximum Gasteiger partial charge on any atom is 0.250 e. The lowest BCUT2D eigenvalue weighted by molar-refractivity contribution is -0.134. The fourth-order valence-electron chi connectivity index (χ4n) is 2.23. The molecule has 1 unspecified atom stereocenters. The lowest BCUT2D eigenvalue weighted by atomic mass is 10.1. The first kappa shape index (κ1) is 19.7. The minimum atomic E-state index is -0.400. The van der Waals surface area contributed by atoms with Crippen molar-refractivity contribution in [2.24, 2.45) is 5.92 Å². The van der Waals surface area contributed by atoms with Crippen LogP contribution in [0.2, 0.25) is 0 Å². The zero-order valence-corrected chi connectivity index (χ0v) is 14.7. The van der Waals surface area contributed by atoms with E-state index in [1.54, 1.807) is 0 Å². The Bertz CT molecular complexity index is 477. The van der Waals surface area contributed by atoms with Gasteiger partial charge in [0.25, 0.3) is 5.91 Å². The molecule has 23 heavy (non-hydrogen) atoms. The molecule has 1 fully saturated rings. The highest BCUT2D eigenvalue weighted by Gasteiger charge is 2.21. The number of ether oxygens (including phenoxy) is 2. The summed E-state index contributed by atoms with van der Waals surface area (Å²) in [6, 6.07) is 7.82. The molecule has 1 heterocycles. The third-order valence-corrected chi connectivity index (χ3v) is 3.60. The smallest absolute Gasteiger partial charge is 0.250 e.